The van der Waals surface area contributed by atoms with Crippen LogP contribution in [0, 0.1) is 0 Å². The fourth-order valence-corrected chi connectivity index (χ4v) is 3.45. The van der Waals surface area contributed by atoms with Gasteiger partial charge in [0.1, 0.15) is 5.75 Å². The Morgan fingerprint density at radius 3 is 2.80 bits per heavy atom. The molecule has 5 heteroatoms. The molecule has 0 spiro atoms. The van der Waals surface area contributed by atoms with Crippen LogP contribution in [0.3, 0.4) is 0 Å². The minimum atomic E-state index is -0.190. The van der Waals surface area contributed by atoms with Crippen molar-refractivity contribution in [3.63, 3.8) is 0 Å². The van der Waals surface area contributed by atoms with Crippen molar-refractivity contribution in [3.8, 4) is 5.75 Å². The summed E-state index contributed by atoms with van der Waals surface area (Å²) in [6, 6.07) is 11.6. The van der Waals surface area contributed by atoms with Crippen molar-refractivity contribution >= 4 is 23.2 Å². The number of ether oxygens (including phenoxy) is 1. The molecule has 0 atom stereocenters. The van der Waals surface area contributed by atoms with Gasteiger partial charge in [-0.1, -0.05) is 18.2 Å². The van der Waals surface area contributed by atoms with E-state index in [1.165, 1.54) is 24.0 Å². The van der Waals surface area contributed by atoms with Gasteiger partial charge in [-0.15, -0.1) is 0 Å². The zero-order valence-corrected chi connectivity index (χ0v) is 13.9. The van der Waals surface area contributed by atoms with E-state index in [1.807, 2.05) is 6.07 Å². The number of anilines is 2. The minimum absolute atomic E-state index is 0.0248. The monoisotopic (exact) mass is 336 g/mol. The van der Waals surface area contributed by atoms with E-state index in [0.29, 0.717) is 23.5 Å². The standard InChI is InChI=1S/C20H20N2O3/c23-19(10-13-5-6-14-3-1-2-4-15(14)9-13)21-16-7-8-18-17(11-16)22-20(24)12-25-18/h5-9,11H,1-4,10,12H2,(H,21,23)(H,22,24). The first-order chi connectivity index (χ1) is 12.2. The number of fused-ring (bicyclic) bond motifs is 2. The largest absolute Gasteiger partial charge is 0.482 e. The van der Waals surface area contributed by atoms with Gasteiger partial charge in [0.05, 0.1) is 12.1 Å². The number of carbonyl (C=O) groups is 2. The van der Waals surface area contributed by atoms with Crippen LogP contribution < -0.4 is 15.4 Å². The number of carbonyl (C=O) groups excluding carboxylic acids is 2. The van der Waals surface area contributed by atoms with E-state index >= 15 is 0 Å². The van der Waals surface area contributed by atoms with Crippen molar-refractivity contribution in [2.75, 3.05) is 17.2 Å². The highest BCUT2D eigenvalue weighted by atomic mass is 16.5. The number of hydrogen-bond donors (Lipinski definition) is 2. The molecule has 128 valence electrons. The van der Waals surface area contributed by atoms with Crippen molar-refractivity contribution in [3.05, 3.63) is 53.1 Å². The number of aryl methyl sites for hydroxylation is 2. The molecule has 0 fully saturated rings. The molecule has 0 unspecified atom stereocenters. The maximum atomic E-state index is 12.4. The van der Waals surface area contributed by atoms with E-state index < -0.39 is 0 Å². The van der Waals surface area contributed by atoms with Crippen LogP contribution in [0.25, 0.3) is 0 Å². The lowest BCUT2D eigenvalue weighted by atomic mass is 9.90. The van der Waals surface area contributed by atoms with Crippen LogP contribution in [-0.4, -0.2) is 18.4 Å². The first kappa shape index (κ1) is 15.7. The molecule has 5 nitrogen and oxygen atoms in total. The van der Waals surface area contributed by atoms with Gasteiger partial charge < -0.3 is 15.4 Å². The Bertz CT molecular complexity index is 845. The summed E-state index contributed by atoms with van der Waals surface area (Å²) in [5.74, 6) is 0.357. The second-order valence-electron chi connectivity index (χ2n) is 6.58. The Hall–Kier alpha value is -2.82. The van der Waals surface area contributed by atoms with Crippen LogP contribution in [0.5, 0.6) is 5.75 Å². The maximum absolute atomic E-state index is 12.4. The van der Waals surface area contributed by atoms with Gasteiger partial charge in [-0.25, -0.2) is 0 Å². The zero-order chi connectivity index (χ0) is 17.2. The fraction of sp³-hybridized carbons (Fsp3) is 0.300. The van der Waals surface area contributed by atoms with Crippen LogP contribution in [0.15, 0.2) is 36.4 Å². The molecule has 1 aliphatic carbocycles. The van der Waals surface area contributed by atoms with E-state index in [9.17, 15) is 9.59 Å². The van der Waals surface area contributed by atoms with Crippen LogP contribution in [0.2, 0.25) is 0 Å². The molecule has 4 rings (SSSR count). The van der Waals surface area contributed by atoms with Crippen molar-refractivity contribution in [2.24, 2.45) is 0 Å². The van der Waals surface area contributed by atoms with E-state index in [-0.39, 0.29) is 18.4 Å². The van der Waals surface area contributed by atoms with Gasteiger partial charge in [0.25, 0.3) is 5.91 Å². The van der Waals surface area contributed by atoms with Crippen LogP contribution >= 0.6 is 0 Å². The van der Waals surface area contributed by atoms with E-state index in [0.717, 1.165) is 18.4 Å². The first-order valence-electron chi connectivity index (χ1n) is 8.64. The van der Waals surface area contributed by atoms with Crippen molar-refractivity contribution < 1.29 is 14.3 Å². The highest BCUT2D eigenvalue weighted by Crippen LogP contribution is 2.30. The molecule has 2 aromatic carbocycles. The Morgan fingerprint density at radius 1 is 1.08 bits per heavy atom. The maximum Gasteiger partial charge on any atom is 0.262 e. The van der Waals surface area contributed by atoms with Crippen LogP contribution in [0.4, 0.5) is 11.4 Å². The molecule has 0 radical (unpaired) electrons. The number of hydrogen-bond acceptors (Lipinski definition) is 3. The SMILES string of the molecule is O=C(Cc1ccc2c(c1)CCCC2)Nc1ccc2c(c1)NC(=O)CO2. The van der Waals surface area contributed by atoms with Gasteiger partial charge in [0, 0.05) is 5.69 Å². The Labute approximate surface area is 146 Å². The molecule has 1 aliphatic heterocycles. The lowest BCUT2D eigenvalue weighted by molar-refractivity contribution is -0.118. The normalized spacial score (nSPS) is 15.4. The van der Waals surface area contributed by atoms with E-state index in [4.69, 9.17) is 4.74 Å². The summed E-state index contributed by atoms with van der Waals surface area (Å²) in [7, 11) is 0. The second-order valence-corrected chi connectivity index (χ2v) is 6.58. The van der Waals surface area contributed by atoms with Crippen LogP contribution in [-0.2, 0) is 28.9 Å². The predicted octanol–water partition coefficient (Wildman–Crippen LogP) is 3.08. The van der Waals surface area contributed by atoms with Crippen molar-refractivity contribution in [1.82, 2.24) is 0 Å². The smallest absolute Gasteiger partial charge is 0.262 e. The average Bonchev–Trinajstić information content (AvgIpc) is 2.61. The third-order valence-electron chi connectivity index (χ3n) is 4.67. The molecule has 1 heterocycles. The molecular formula is C20H20N2O3. The predicted molar refractivity (Wildman–Crippen MR) is 96.0 cm³/mol. The Balaban J connectivity index is 1.44. The fourth-order valence-electron chi connectivity index (χ4n) is 3.45. The third kappa shape index (κ3) is 3.50. The average molecular weight is 336 g/mol. The lowest BCUT2D eigenvalue weighted by Crippen LogP contribution is -2.25. The van der Waals surface area contributed by atoms with Crippen molar-refractivity contribution in [2.45, 2.75) is 32.1 Å². The van der Waals surface area contributed by atoms with Gasteiger partial charge >= 0.3 is 0 Å². The highest BCUT2D eigenvalue weighted by molar-refractivity contribution is 5.98. The molecule has 2 aliphatic rings. The number of benzene rings is 2. The highest BCUT2D eigenvalue weighted by Gasteiger charge is 2.17. The summed E-state index contributed by atoms with van der Waals surface area (Å²) in [5.41, 5.74) is 5.06. The summed E-state index contributed by atoms with van der Waals surface area (Å²) in [5, 5.41) is 5.63. The molecule has 25 heavy (non-hydrogen) atoms. The van der Waals surface area contributed by atoms with E-state index in [2.05, 4.69) is 22.8 Å². The summed E-state index contributed by atoms with van der Waals surface area (Å²) in [6.45, 7) is 0.0248. The number of nitrogens with one attached hydrogen (secondary N) is 2. The second kappa shape index (κ2) is 6.59. The van der Waals surface area contributed by atoms with Gasteiger partial charge in [0.2, 0.25) is 5.91 Å². The summed E-state index contributed by atoms with van der Waals surface area (Å²) in [4.78, 5) is 23.7. The molecule has 0 saturated heterocycles. The molecule has 2 amide bonds. The van der Waals surface area contributed by atoms with Gasteiger partial charge in [-0.2, -0.15) is 0 Å². The number of amides is 2. The van der Waals surface area contributed by atoms with E-state index in [1.54, 1.807) is 18.2 Å². The molecule has 0 saturated carbocycles. The molecule has 0 aromatic heterocycles. The molecule has 2 aromatic rings. The van der Waals surface area contributed by atoms with Gasteiger partial charge in [-0.3, -0.25) is 9.59 Å². The summed E-state index contributed by atoms with van der Waals surface area (Å²) >= 11 is 0. The topological polar surface area (TPSA) is 67.4 Å². The quantitative estimate of drug-likeness (QED) is 0.905. The number of rotatable bonds is 3. The Kier molecular flexibility index (Phi) is 4.14. The summed E-state index contributed by atoms with van der Waals surface area (Å²) in [6.07, 6.45) is 5.07. The summed E-state index contributed by atoms with van der Waals surface area (Å²) < 4.78 is 5.32. The first-order valence-corrected chi connectivity index (χ1v) is 8.64. The van der Waals surface area contributed by atoms with Crippen molar-refractivity contribution in [1.29, 1.82) is 0 Å². The zero-order valence-electron chi connectivity index (χ0n) is 13.9. The van der Waals surface area contributed by atoms with Gasteiger partial charge in [-0.05, 0) is 60.6 Å². The molecule has 2 N–H and O–H groups in total. The molecule has 0 bridgehead atoms. The Morgan fingerprint density at radius 2 is 1.92 bits per heavy atom. The van der Waals surface area contributed by atoms with Crippen LogP contribution in [0.1, 0.15) is 29.5 Å². The van der Waals surface area contributed by atoms with Gasteiger partial charge in [0.15, 0.2) is 6.61 Å². The third-order valence-corrected chi connectivity index (χ3v) is 4.67. The lowest BCUT2D eigenvalue weighted by Gasteiger charge is -2.19. The minimum Gasteiger partial charge on any atom is -0.482 e. The molecular weight excluding hydrogens is 316 g/mol.